The van der Waals surface area contributed by atoms with Gasteiger partial charge in [-0.1, -0.05) is 0 Å². The number of hydrogen-bond acceptors (Lipinski definition) is 3. The molecule has 2 N–H and O–H groups in total. The Kier molecular flexibility index (Phi) is 3.22. The summed E-state index contributed by atoms with van der Waals surface area (Å²) in [6.45, 7) is 5.28. The molecule has 0 unspecified atom stereocenters. The lowest BCUT2D eigenvalue weighted by atomic mass is 10.1. The molecule has 0 aromatic rings. The fourth-order valence-electron chi connectivity index (χ4n) is 0.492. The second-order valence-corrected chi connectivity index (χ2v) is 2.57. The Balaban J connectivity index is 3.90. The zero-order valence-electron chi connectivity index (χ0n) is 6.59. The van der Waals surface area contributed by atoms with E-state index in [-0.39, 0.29) is 5.95 Å². The molecule has 60 valence electrons. The monoisotopic (exact) mass is 146 g/mol. The van der Waals surface area contributed by atoms with E-state index >= 15 is 0 Å². The highest BCUT2D eigenvalue weighted by atomic mass is 16.6. The van der Waals surface area contributed by atoms with Gasteiger partial charge >= 0.3 is 0 Å². The summed E-state index contributed by atoms with van der Waals surface area (Å²) < 4.78 is 4.67. The molecule has 3 heteroatoms. The van der Waals surface area contributed by atoms with Crippen LogP contribution in [-0.2, 0) is 4.74 Å². The lowest BCUT2D eigenvalue weighted by molar-refractivity contribution is 0.0760. The minimum Gasteiger partial charge on any atom is -0.481 e. The van der Waals surface area contributed by atoms with E-state index in [0.29, 0.717) is 6.61 Å². The average molecular weight is 146 g/mol. The summed E-state index contributed by atoms with van der Waals surface area (Å²) in [5.41, 5.74) is -1.01. The summed E-state index contributed by atoms with van der Waals surface area (Å²) in [5, 5.41) is 18.0. The molecular weight excluding hydrogens is 132 g/mol. The van der Waals surface area contributed by atoms with E-state index in [2.05, 4.69) is 4.74 Å². The Morgan fingerprint density at radius 3 is 2.40 bits per heavy atom. The molecule has 0 aliphatic heterocycles. The van der Waals surface area contributed by atoms with Crippen LogP contribution in [0.2, 0.25) is 0 Å². The SMILES string of the molecule is CCO/C(O)=C/C(C)(C)O. The van der Waals surface area contributed by atoms with Gasteiger partial charge in [-0.15, -0.1) is 0 Å². The molecule has 0 aliphatic carbocycles. The summed E-state index contributed by atoms with van der Waals surface area (Å²) in [7, 11) is 0. The first kappa shape index (κ1) is 9.30. The highest BCUT2D eigenvalue weighted by Crippen LogP contribution is 2.06. The van der Waals surface area contributed by atoms with Gasteiger partial charge in [0.1, 0.15) is 0 Å². The van der Waals surface area contributed by atoms with Crippen LogP contribution in [0.25, 0.3) is 0 Å². The van der Waals surface area contributed by atoms with Crippen LogP contribution in [-0.4, -0.2) is 22.4 Å². The normalized spacial score (nSPS) is 13.4. The fraction of sp³-hybridized carbons (Fsp3) is 0.714. The predicted octanol–water partition coefficient (Wildman–Crippen LogP) is 1.19. The number of ether oxygens (including phenoxy) is 1. The Bertz CT molecular complexity index is 121. The van der Waals surface area contributed by atoms with Crippen molar-refractivity contribution in [1.82, 2.24) is 0 Å². The van der Waals surface area contributed by atoms with E-state index in [1.165, 1.54) is 6.08 Å². The Morgan fingerprint density at radius 2 is 2.10 bits per heavy atom. The molecule has 0 fully saturated rings. The van der Waals surface area contributed by atoms with Gasteiger partial charge < -0.3 is 14.9 Å². The van der Waals surface area contributed by atoms with Crippen molar-refractivity contribution in [2.45, 2.75) is 26.4 Å². The lowest BCUT2D eigenvalue weighted by Crippen LogP contribution is -2.15. The Morgan fingerprint density at radius 1 is 1.60 bits per heavy atom. The summed E-state index contributed by atoms with van der Waals surface area (Å²) in [6.07, 6.45) is 1.25. The molecular formula is C7H14O3. The van der Waals surface area contributed by atoms with Crippen molar-refractivity contribution in [2.24, 2.45) is 0 Å². The second kappa shape index (κ2) is 3.46. The largest absolute Gasteiger partial charge is 0.481 e. The van der Waals surface area contributed by atoms with Crippen LogP contribution in [0.5, 0.6) is 0 Å². The van der Waals surface area contributed by atoms with Crippen molar-refractivity contribution in [3.63, 3.8) is 0 Å². The molecule has 0 spiro atoms. The minimum absolute atomic E-state index is 0.227. The van der Waals surface area contributed by atoms with Crippen LogP contribution >= 0.6 is 0 Å². The predicted molar refractivity (Wildman–Crippen MR) is 38.6 cm³/mol. The van der Waals surface area contributed by atoms with E-state index in [0.717, 1.165) is 0 Å². The van der Waals surface area contributed by atoms with Gasteiger partial charge in [-0.05, 0) is 20.8 Å². The van der Waals surface area contributed by atoms with Crippen molar-refractivity contribution in [2.75, 3.05) is 6.61 Å². The van der Waals surface area contributed by atoms with Gasteiger partial charge in [-0.2, -0.15) is 0 Å². The van der Waals surface area contributed by atoms with Crippen LogP contribution in [0.3, 0.4) is 0 Å². The molecule has 0 aromatic carbocycles. The molecule has 3 nitrogen and oxygen atoms in total. The average Bonchev–Trinajstić information content (AvgIpc) is 1.59. The van der Waals surface area contributed by atoms with Gasteiger partial charge in [0.2, 0.25) is 0 Å². The molecule has 0 saturated heterocycles. The van der Waals surface area contributed by atoms with Crippen molar-refractivity contribution in [3.8, 4) is 0 Å². The summed E-state index contributed by atoms with van der Waals surface area (Å²) in [4.78, 5) is 0. The van der Waals surface area contributed by atoms with Crippen molar-refractivity contribution in [1.29, 1.82) is 0 Å². The van der Waals surface area contributed by atoms with Crippen LogP contribution in [0.15, 0.2) is 12.0 Å². The van der Waals surface area contributed by atoms with Crippen molar-refractivity contribution in [3.05, 3.63) is 12.0 Å². The summed E-state index contributed by atoms with van der Waals surface area (Å²) in [5.74, 6) is -0.227. The summed E-state index contributed by atoms with van der Waals surface area (Å²) >= 11 is 0. The van der Waals surface area contributed by atoms with Crippen molar-refractivity contribution < 1.29 is 14.9 Å². The maximum Gasteiger partial charge on any atom is 0.275 e. The molecule has 0 amide bonds. The molecule has 0 radical (unpaired) electrons. The molecule has 0 saturated carbocycles. The molecule has 0 atom stereocenters. The van der Waals surface area contributed by atoms with Gasteiger partial charge in [-0.3, -0.25) is 0 Å². The quantitative estimate of drug-likeness (QED) is 0.588. The fourth-order valence-corrected chi connectivity index (χ4v) is 0.492. The van der Waals surface area contributed by atoms with E-state index < -0.39 is 5.60 Å². The number of aliphatic hydroxyl groups excluding tert-OH is 1. The van der Waals surface area contributed by atoms with Crippen LogP contribution in [0, 0.1) is 0 Å². The standard InChI is InChI=1S/C7H14O3/c1-4-10-6(8)5-7(2,3)9/h5,8-9H,4H2,1-3H3/b6-5+. The maximum absolute atomic E-state index is 9.10. The summed E-state index contributed by atoms with van der Waals surface area (Å²) in [6, 6.07) is 0. The first-order chi connectivity index (χ1) is 4.45. The highest BCUT2D eigenvalue weighted by molar-refractivity contribution is 4.95. The maximum atomic E-state index is 9.10. The van der Waals surface area contributed by atoms with Crippen LogP contribution in [0.1, 0.15) is 20.8 Å². The van der Waals surface area contributed by atoms with E-state index in [4.69, 9.17) is 10.2 Å². The molecule has 10 heavy (non-hydrogen) atoms. The van der Waals surface area contributed by atoms with E-state index in [1.807, 2.05) is 0 Å². The molecule has 0 bridgehead atoms. The number of hydrogen-bond donors (Lipinski definition) is 2. The first-order valence-corrected chi connectivity index (χ1v) is 3.22. The second-order valence-electron chi connectivity index (χ2n) is 2.57. The van der Waals surface area contributed by atoms with Crippen molar-refractivity contribution >= 4 is 0 Å². The molecule has 0 heterocycles. The third-order valence-corrected chi connectivity index (χ3v) is 0.769. The molecule has 0 rings (SSSR count). The molecule has 0 aromatic heterocycles. The van der Waals surface area contributed by atoms with Gasteiger partial charge in [0.25, 0.3) is 5.95 Å². The molecule has 0 aliphatic rings. The lowest BCUT2D eigenvalue weighted by Gasteiger charge is -2.11. The highest BCUT2D eigenvalue weighted by Gasteiger charge is 2.10. The van der Waals surface area contributed by atoms with E-state index in [1.54, 1.807) is 20.8 Å². The van der Waals surface area contributed by atoms with Gasteiger partial charge in [0.15, 0.2) is 0 Å². The zero-order chi connectivity index (χ0) is 8.20. The number of aliphatic hydroxyl groups is 2. The van der Waals surface area contributed by atoms with Gasteiger partial charge in [-0.25, -0.2) is 0 Å². The topological polar surface area (TPSA) is 49.7 Å². The zero-order valence-corrected chi connectivity index (χ0v) is 6.59. The Labute approximate surface area is 60.9 Å². The first-order valence-electron chi connectivity index (χ1n) is 3.22. The van der Waals surface area contributed by atoms with Gasteiger partial charge in [0.05, 0.1) is 12.2 Å². The third kappa shape index (κ3) is 5.44. The Hall–Kier alpha value is -0.700. The number of rotatable bonds is 3. The minimum atomic E-state index is -1.01. The van der Waals surface area contributed by atoms with Crippen LogP contribution < -0.4 is 0 Å². The third-order valence-electron chi connectivity index (χ3n) is 0.769. The van der Waals surface area contributed by atoms with Crippen LogP contribution in [0.4, 0.5) is 0 Å². The van der Waals surface area contributed by atoms with Gasteiger partial charge in [0, 0.05) is 6.08 Å². The van der Waals surface area contributed by atoms with E-state index in [9.17, 15) is 0 Å². The smallest absolute Gasteiger partial charge is 0.275 e.